The number of hydrogen-bond acceptors (Lipinski definition) is 3. The molecule has 1 heterocycles. The number of likely N-dealkylation sites (N-methyl/N-ethyl adjacent to an activating group) is 1. The first-order chi connectivity index (χ1) is 9.66. The van der Waals surface area contributed by atoms with Crippen LogP contribution < -0.4 is 15.5 Å². The Morgan fingerprint density at radius 2 is 1.86 bits per heavy atom. The van der Waals surface area contributed by atoms with Gasteiger partial charge in [-0.2, -0.15) is 0 Å². The molecule has 3 rings (SSSR count). The summed E-state index contributed by atoms with van der Waals surface area (Å²) in [6.45, 7) is 1.66. The third-order valence-electron chi connectivity index (χ3n) is 4.70. The second-order valence-electron chi connectivity index (χ2n) is 6.01. The zero-order chi connectivity index (χ0) is 14.1. The molecule has 1 amide bonds. The Hall–Kier alpha value is -0.970. The third-order valence-corrected chi connectivity index (χ3v) is 4.70. The molecule has 1 aromatic rings. The van der Waals surface area contributed by atoms with Gasteiger partial charge in [-0.25, -0.2) is 0 Å². The molecule has 4 nitrogen and oxygen atoms in total. The molecule has 0 unspecified atom stereocenters. The molecule has 2 aliphatic rings. The summed E-state index contributed by atoms with van der Waals surface area (Å²) in [5.74, 6) is 0.599. The Bertz CT molecular complexity index is 512. The highest BCUT2D eigenvalue weighted by atomic mass is 35.5. The van der Waals surface area contributed by atoms with Gasteiger partial charge in [0.25, 0.3) is 0 Å². The second-order valence-corrected chi connectivity index (χ2v) is 6.01. The molecule has 0 aromatic heterocycles. The Morgan fingerprint density at radius 1 is 1.18 bits per heavy atom. The van der Waals surface area contributed by atoms with Crippen LogP contribution in [0, 0.1) is 5.92 Å². The fraction of sp³-hybridized carbons (Fsp3) is 0.562. The Balaban J connectivity index is 0.00000121. The van der Waals surface area contributed by atoms with Crippen molar-refractivity contribution in [1.82, 2.24) is 0 Å². The van der Waals surface area contributed by atoms with E-state index < -0.39 is 0 Å². The van der Waals surface area contributed by atoms with Crippen molar-refractivity contribution in [2.45, 2.75) is 31.7 Å². The van der Waals surface area contributed by atoms with Gasteiger partial charge in [-0.15, -0.1) is 24.8 Å². The summed E-state index contributed by atoms with van der Waals surface area (Å²) < 4.78 is 0. The predicted molar refractivity (Wildman–Crippen MR) is 96.5 cm³/mol. The van der Waals surface area contributed by atoms with Gasteiger partial charge in [0.05, 0.1) is 11.4 Å². The highest BCUT2D eigenvalue weighted by molar-refractivity contribution is 5.98. The van der Waals surface area contributed by atoms with E-state index in [1.165, 1.54) is 6.42 Å². The molecule has 0 bridgehead atoms. The summed E-state index contributed by atoms with van der Waals surface area (Å²) in [7, 11) is 2.08. The molecule has 1 fully saturated rings. The molecule has 1 aliphatic carbocycles. The lowest BCUT2D eigenvalue weighted by Crippen LogP contribution is -2.43. The van der Waals surface area contributed by atoms with Crippen molar-refractivity contribution in [3.63, 3.8) is 0 Å². The quantitative estimate of drug-likeness (QED) is 0.896. The van der Waals surface area contributed by atoms with E-state index in [2.05, 4.69) is 18.0 Å². The topological polar surface area (TPSA) is 49.6 Å². The highest BCUT2D eigenvalue weighted by Gasteiger charge is 2.30. The predicted octanol–water partition coefficient (Wildman–Crippen LogP) is 2.83. The van der Waals surface area contributed by atoms with E-state index in [-0.39, 0.29) is 36.8 Å². The standard InChI is InChI=1S/C16H23N3O.2ClH/c1-18-9-10-19(15-8-3-2-7-14(15)18)16(20)11-12-5-4-6-13(12)17;;/h2-3,7-8,12-13H,4-6,9-11,17H2,1H3;2*1H/t12-,13+;;/m0../s1. The summed E-state index contributed by atoms with van der Waals surface area (Å²) in [6.07, 6.45) is 3.93. The van der Waals surface area contributed by atoms with Crippen molar-refractivity contribution in [2.24, 2.45) is 11.7 Å². The van der Waals surface area contributed by atoms with E-state index in [0.717, 1.165) is 37.3 Å². The molecular formula is C16H25Cl2N3O. The number of fused-ring (bicyclic) bond motifs is 1. The number of amides is 1. The molecule has 1 aliphatic heterocycles. The van der Waals surface area contributed by atoms with E-state index in [9.17, 15) is 4.79 Å². The van der Waals surface area contributed by atoms with Gasteiger partial charge in [-0.1, -0.05) is 18.6 Å². The molecular weight excluding hydrogens is 321 g/mol. The van der Waals surface area contributed by atoms with Crippen LogP contribution in [0.2, 0.25) is 0 Å². The average molecular weight is 346 g/mol. The second kappa shape index (κ2) is 8.04. The lowest BCUT2D eigenvalue weighted by atomic mass is 9.99. The number of nitrogens with two attached hydrogens (primary N) is 1. The van der Waals surface area contributed by atoms with Crippen LogP contribution in [0.25, 0.3) is 0 Å². The number of rotatable bonds is 2. The minimum absolute atomic E-state index is 0. The maximum atomic E-state index is 12.6. The molecule has 2 N–H and O–H groups in total. The Labute approximate surface area is 144 Å². The molecule has 0 saturated heterocycles. The van der Waals surface area contributed by atoms with Gasteiger partial charge in [0.2, 0.25) is 5.91 Å². The van der Waals surface area contributed by atoms with E-state index in [1.54, 1.807) is 0 Å². The van der Waals surface area contributed by atoms with Crippen LogP contribution in [0.3, 0.4) is 0 Å². The molecule has 22 heavy (non-hydrogen) atoms. The number of nitrogens with zero attached hydrogens (tertiary/aromatic N) is 2. The minimum atomic E-state index is 0. The summed E-state index contributed by atoms with van der Waals surface area (Å²) in [6, 6.07) is 8.35. The average Bonchev–Trinajstić information content (AvgIpc) is 2.85. The normalized spacial score (nSPS) is 23.4. The van der Waals surface area contributed by atoms with Crippen molar-refractivity contribution in [2.75, 3.05) is 29.9 Å². The number of para-hydroxylation sites is 2. The number of anilines is 2. The van der Waals surface area contributed by atoms with Crippen LogP contribution in [0.5, 0.6) is 0 Å². The number of hydrogen-bond donors (Lipinski definition) is 1. The van der Waals surface area contributed by atoms with Crippen molar-refractivity contribution >= 4 is 42.1 Å². The lowest BCUT2D eigenvalue weighted by molar-refractivity contribution is -0.119. The molecule has 0 radical (unpaired) electrons. The van der Waals surface area contributed by atoms with Gasteiger partial charge in [-0.05, 0) is 30.9 Å². The zero-order valence-corrected chi connectivity index (χ0v) is 14.5. The fourth-order valence-corrected chi connectivity index (χ4v) is 3.42. The van der Waals surface area contributed by atoms with Gasteiger partial charge >= 0.3 is 0 Å². The summed E-state index contributed by atoms with van der Waals surface area (Å²) >= 11 is 0. The molecule has 0 spiro atoms. The Kier molecular flexibility index (Phi) is 6.98. The van der Waals surface area contributed by atoms with Crippen LogP contribution in [0.4, 0.5) is 11.4 Å². The Morgan fingerprint density at radius 3 is 2.50 bits per heavy atom. The first-order valence-corrected chi connectivity index (χ1v) is 7.53. The fourth-order valence-electron chi connectivity index (χ4n) is 3.42. The van der Waals surface area contributed by atoms with Gasteiger partial charge in [-0.3, -0.25) is 4.79 Å². The SMILES string of the molecule is CN1CCN(C(=O)C[C@@H]2CCC[C@H]2N)c2ccccc21.Cl.Cl. The first kappa shape index (κ1) is 19.1. The van der Waals surface area contributed by atoms with Crippen LogP contribution in [0.1, 0.15) is 25.7 Å². The van der Waals surface area contributed by atoms with Crippen LogP contribution in [-0.2, 0) is 4.79 Å². The van der Waals surface area contributed by atoms with Crippen LogP contribution in [0.15, 0.2) is 24.3 Å². The minimum Gasteiger partial charge on any atom is -0.371 e. The summed E-state index contributed by atoms with van der Waals surface area (Å²) in [5, 5.41) is 0. The van der Waals surface area contributed by atoms with E-state index >= 15 is 0 Å². The molecule has 124 valence electrons. The van der Waals surface area contributed by atoms with E-state index in [0.29, 0.717) is 12.3 Å². The van der Waals surface area contributed by atoms with Crippen molar-refractivity contribution in [3.8, 4) is 0 Å². The molecule has 1 saturated carbocycles. The van der Waals surface area contributed by atoms with Crippen molar-refractivity contribution < 1.29 is 4.79 Å². The molecule has 2 atom stereocenters. The van der Waals surface area contributed by atoms with Gasteiger partial charge in [0, 0.05) is 32.6 Å². The smallest absolute Gasteiger partial charge is 0.227 e. The van der Waals surface area contributed by atoms with Gasteiger partial charge in [0.15, 0.2) is 0 Å². The maximum absolute atomic E-state index is 12.6. The molecule has 6 heteroatoms. The number of carbonyl (C=O) groups excluding carboxylic acids is 1. The first-order valence-electron chi connectivity index (χ1n) is 7.53. The monoisotopic (exact) mass is 345 g/mol. The summed E-state index contributed by atoms with van der Waals surface area (Å²) in [4.78, 5) is 16.8. The number of halogens is 2. The van der Waals surface area contributed by atoms with Crippen LogP contribution in [-0.4, -0.2) is 32.1 Å². The third kappa shape index (κ3) is 3.67. The van der Waals surface area contributed by atoms with Crippen molar-refractivity contribution in [3.05, 3.63) is 24.3 Å². The van der Waals surface area contributed by atoms with Gasteiger partial charge < -0.3 is 15.5 Å². The number of benzene rings is 1. The summed E-state index contributed by atoms with van der Waals surface area (Å²) in [5.41, 5.74) is 8.28. The number of carbonyl (C=O) groups is 1. The highest BCUT2D eigenvalue weighted by Crippen LogP contribution is 2.34. The van der Waals surface area contributed by atoms with Gasteiger partial charge in [0.1, 0.15) is 0 Å². The van der Waals surface area contributed by atoms with E-state index in [4.69, 9.17) is 5.73 Å². The van der Waals surface area contributed by atoms with Crippen molar-refractivity contribution in [1.29, 1.82) is 0 Å². The maximum Gasteiger partial charge on any atom is 0.227 e. The van der Waals surface area contributed by atoms with E-state index in [1.807, 2.05) is 23.1 Å². The zero-order valence-electron chi connectivity index (χ0n) is 12.9. The lowest BCUT2D eigenvalue weighted by Gasteiger charge is -2.36. The molecule has 1 aromatic carbocycles. The van der Waals surface area contributed by atoms with Crippen LogP contribution >= 0.6 is 24.8 Å². The largest absolute Gasteiger partial charge is 0.371 e.